The van der Waals surface area contributed by atoms with Gasteiger partial charge in [0.25, 0.3) is 0 Å². The maximum absolute atomic E-state index is 8.98. The van der Waals surface area contributed by atoms with Crippen LogP contribution in [0.15, 0.2) is 35.2 Å². The lowest BCUT2D eigenvalue weighted by molar-refractivity contribution is 0.282. The first kappa shape index (κ1) is 13.2. The first-order valence-electron chi connectivity index (χ1n) is 6.07. The molecule has 0 fully saturated rings. The highest BCUT2D eigenvalue weighted by Crippen LogP contribution is 2.23. The lowest BCUT2D eigenvalue weighted by Gasteiger charge is -2.03. The fourth-order valence-electron chi connectivity index (χ4n) is 1.73. The second-order valence-corrected chi connectivity index (χ2v) is 5.24. The molecule has 4 heteroatoms. The maximum atomic E-state index is 8.98. The van der Waals surface area contributed by atoms with Crippen LogP contribution in [0.4, 0.5) is 0 Å². The lowest BCUT2D eigenvalue weighted by Crippen LogP contribution is -1.96. The Morgan fingerprint density at radius 1 is 1.28 bits per heavy atom. The van der Waals surface area contributed by atoms with E-state index in [0.29, 0.717) is 0 Å². The van der Waals surface area contributed by atoms with Gasteiger partial charge in [-0.1, -0.05) is 19.1 Å². The molecule has 0 radical (unpaired) electrons. The molecule has 2 aromatic rings. The van der Waals surface area contributed by atoms with E-state index in [-0.39, 0.29) is 6.61 Å². The van der Waals surface area contributed by atoms with Crippen molar-refractivity contribution in [3.8, 4) is 0 Å². The normalized spacial score (nSPS) is 10.8. The maximum Gasteiger partial charge on any atom is 0.0681 e. The van der Waals surface area contributed by atoms with Crippen LogP contribution in [-0.4, -0.2) is 14.9 Å². The summed E-state index contributed by atoms with van der Waals surface area (Å²) >= 11 is 1.79. The third-order valence-corrected chi connectivity index (χ3v) is 3.93. The zero-order valence-corrected chi connectivity index (χ0v) is 11.6. The number of aromatic nitrogens is 2. The van der Waals surface area contributed by atoms with Gasteiger partial charge in [-0.15, -0.1) is 11.8 Å². The van der Waals surface area contributed by atoms with Crippen molar-refractivity contribution in [1.29, 1.82) is 0 Å². The van der Waals surface area contributed by atoms with Gasteiger partial charge in [0.1, 0.15) is 0 Å². The summed E-state index contributed by atoms with van der Waals surface area (Å²) in [5.74, 6) is 0.919. The molecule has 18 heavy (non-hydrogen) atoms. The van der Waals surface area contributed by atoms with E-state index < -0.39 is 0 Å². The van der Waals surface area contributed by atoms with Crippen molar-refractivity contribution in [3.63, 3.8) is 0 Å². The standard InChI is InChI=1S/C14H18N2OS/c1-3-12-8-13(16(2)15-12)10-18-14-6-4-11(9-17)5-7-14/h4-8,17H,3,9-10H2,1-2H3. The fourth-order valence-corrected chi connectivity index (χ4v) is 2.64. The molecule has 1 N–H and O–H groups in total. The van der Waals surface area contributed by atoms with Crippen molar-refractivity contribution >= 4 is 11.8 Å². The van der Waals surface area contributed by atoms with Gasteiger partial charge in [-0.2, -0.15) is 5.10 Å². The van der Waals surface area contributed by atoms with E-state index >= 15 is 0 Å². The van der Waals surface area contributed by atoms with Gasteiger partial charge >= 0.3 is 0 Å². The van der Waals surface area contributed by atoms with Crippen LogP contribution in [0.5, 0.6) is 0 Å². The summed E-state index contributed by atoms with van der Waals surface area (Å²) in [5, 5.41) is 13.4. The smallest absolute Gasteiger partial charge is 0.0681 e. The van der Waals surface area contributed by atoms with Crippen LogP contribution >= 0.6 is 11.8 Å². The molecular formula is C14H18N2OS. The van der Waals surface area contributed by atoms with Crippen molar-refractivity contribution in [1.82, 2.24) is 9.78 Å². The summed E-state index contributed by atoms with van der Waals surface area (Å²) in [7, 11) is 1.99. The van der Waals surface area contributed by atoms with Crippen LogP contribution < -0.4 is 0 Å². The molecule has 0 unspecified atom stereocenters. The topological polar surface area (TPSA) is 38.0 Å². The number of hydrogen-bond donors (Lipinski definition) is 1. The Labute approximate surface area is 112 Å². The summed E-state index contributed by atoms with van der Waals surface area (Å²) in [6.45, 7) is 2.22. The number of rotatable bonds is 5. The molecule has 1 aromatic heterocycles. The van der Waals surface area contributed by atoms with Gasteiger partial charge in [-0.25, -0.2) is 0 Å². The van der Waals surface area contributed by atoms with Crippen LogP contribution in [-0.2, 0) is 25.8 Å². The summed E-state index contributed by atoms with van der Waals surface area (Å²) in [6.07, 6.45) is 0.976. The first-order chi connectivity index (χ1) is 8.72. The average molecular weight is 262 g/mol. The Morgan fingerprint density at radius 3 is 2.56 bits per heavy atom. The van der Waals surface area contributed by atoms with E-state index in [1.54, 1.807) is 11.8 Å². The Bertz CT molecular complexity index is 505. The first-order valence-corrected chi connectivity index (χ1v) is 7.06. The van der Waals surface area contributed by atoms with E-state index in [2.05, 4.69) is 18.1 Å². The monoisotopic (exact) mass is 262 g/mol. The Kier molecular flexibility index (Phi) is 4.44. The van der Waals surface area contributed by atoms with Crippen LogP contribution in [0, 0.1) is 0 Å². The number of aliphatic hydroxyl groups excluding tert-OH is 1. The van der Waals surface area contributed by atoms with Crippen LogP contribution in [0.3, 0.4) is 0 Å². The molecule has 0 spiro atoms. The summed E-state index contributed by atoms with van der Waals surface area (Å²) < 4.78 is 1.95. The number of aliphatic hydroxyl groups is 1. The molecule has 1 heterocycles. The Morgan fingerprint density at radius 2 is 2.00 bits per heavy atom. The van der Waals surface area contributed by atoms with Crippen molar-refractivity contribution in [2.24, 2.45) is 7.05 Å². The van der Waals surface area contributed by atoms with Crippen molar-refractivity contribution in [3.05, 3.63) is 47.3 Å². The number of nitrogens with zero attached hydrogens (tertiary/aromatic N) is 2. The minimum absolute atomic E-state index is 0.104. The van der Waals surface area contributed by atoms with Crippen LogP contribution in [0.25, 0.3) is 0 Å². The highest BCUT2D eigenvalue weighted by atomic mass is 32.2. The largest absolute Gasteiger partial charge is 0.392 e. The van der Waals surface area contributed by atoms with Crippen molar-refractivity contribution in [2.45, 2.75) is 30.6 Å². The van der Waals surface area contributed by atoms with E-state index in [1.165, 1.54) is 10.6 Å². The molecule has 0 bridgehead atoms. The summed E-state index contributed by atoms with van der Waals surface area (Å²) in [4.78, 5) is 1.21. The Hall–Kier alpha value is -1.26. The number of hydrogen-bond acceptors (Lipinski definition) is 3. The number of benzene rings is 1. The third kappa shape index (κ3) is 3.15. The quantitative estimate of drug-likeness (QED) is 0.842. The van der Waals surface area contributed by atoms with Gasteiger partial charge in [-0.3, -0.25) is 4.68 Å². The van der Waals surface area contributed by atoms with Gasteiger partial charge in [-0.05, 0) is 30.2 Å². The van der Waals surface area contributed by atoms with E-state index in [9.17, 15) is 0 Å². The van der Waals surface area contributed by atoms with Gasteiger partial charge in [0.05, 0.1) is 12.3 Å². The summed E-state index contributed by atoms with van der Waals surface area (Å²) in [6, 6.07) is 10.2. The molecule has 0 amide bonds. The molecule has 3 nitrogen and oxygen atoms in total. The van der Waals surface area contributed by atoms with E-state index in [1.807, 2.05) is 36.0 Å². The fraction of sp³-hybridized carbons (Fsp3) is 0.357. The molecular weight excluding hydrogens is 244 g/mol. The van der Waals surface area contributed by atoms with Gasteiger partial charge < -0.3 is 5.11 Å². The van der Waals surface area contributed by atoms with Crippen molar-refractivity contribution in [2.75, 3.05) is 0 Å². The highest BCUT2D eigenvalue weighted by Gasteiger charge is 2.04. The molecule has 96 valence electrons. The lowest BCUT2D eigenvalue weighted by atomic mass is 10.2. The minimum Gasteiger partial charge on any atom is -0.392 e. The van der Waals surface area contributed by atoms with Crippen LogP contribution in [0.2, 0.25) is 0 Å². The molecule has 0 aliphatic carbocycles. The molecule has 0 atom stereocenters. The Balaban J connectivity index is 1.99. The second-order valence-electron chi connectivity index (χ2n) is 4.19. The third-order valence-electron chi connectivity index (χ3n) is 2.88. The zero-order chi connectivity index (χ0) is 13.0. The van der Waals surface area contributed by atoms with E-state index in [4.69, 9.17) is 5.11 Å². The average Bonchev–Trinajstić information content (AvgIpc) is 2.77. The number of aryl methyl sites for hydroxylation is 2. The van der Waals surface area contributed by atoms with Crippen molar-refractivity contribution < 1.29 is 5.11 Å². The predicted octanol–water partition coefficient (Wildman–Crippen LogP) is 2.77. The predicted molar refractivity (Wildman–Crippen MR) is 74.5 cm³/mol. The highest BCUT2D eigenvalue weighted by molar-refractivity contribution is 7.98. The van der Waals surface area contributed by atoms with E-state index in [0.717, 1.165) is 23.4 Å². The van der Waals surface area contributed by atoms with Crippen LogP contribution in [0.1, 0.15) is 23.9 Å². The summed E-state index contributed by atoms with van der Waals surface area (Å²) in [5.41, 5.74) is 3.33. The van der Waals surface area contributed by atoms with Gasteiger partial charge in [0.2, 0.25) is 0 Å². The molecule has 1 aromatic carbocycles. The molecule has 0 aliphatic rings. The molecule has 0 aliphatic heterocycles. The molecule has 0 saturated carbocycles. The van der Waals surface area contributed by atoms with Gasteiger partial charge in [0, 0.05) is 23.4 Å². The minimum atomic E-state index is 0.104. The van der Waals surface area contributed by atoms with Gasteiger partial charge in [0.15, 0.2) is 0 Å². The number of thioether (sulfide) groups is 1. The zero-order valence-electron chi connectivity index (χ0n) is 10.8. The molecule has 2 rings (SSSR count). The second kappa shape index (κ2) is 6.07. The molecule has 0 saturated heterocycles. The SMILES string of the molecule is CCc1cc(CSc2ccc(CO)cc2)n(C)n1.